The lowest BCUT2D eigenvalue weighted by molar-refractivity contribution is 0.178. The molecule has 0 saturated carbocycles. The first-order valence-electron chi connectivity index (χ1n) is 5.69. The molecule has 2 N–H and O–H groups in total. The largest absolute Gasteiger partial charge is 0.385 e. The molecule has 1 aliphatic rings. The zero-order chi connectivity index (χ0) is 11.4. The fourth-order valence-electron chi connectivity index (χ4n) is 2.34. The monoisotopic (exact) mass is 218 g/mol. The average molecular weight is 218 g/mol. The summed E-state index contributed by atoms with van der Waals surface area (Å²) in [5, 5.41) is 11.1. The molecule has 0 aliphatic carbocycles. The van der Waals surface area contributed by atoms with E-state index in [0.29, 0.717) is 11.8 Å². The van der Waals surface area contributed by atoms with E-state index in [-0.39, 0.29) is 5.92 Å². The van der Waals surface area contributed by atoms with Crippen LogP contribution < -0.4 is 5.32 Å². The Kier molecular flexibility index (Phi) is 3.57. The summed E-state index contributed by atoms with van der Waals surface area (Å²) in [7, 11) is 1.73. The Hall–Kier alpha value is -1.35. The molecule has 1 saturated heterocycles. The highest BCUT2D eigenvalue weighted by molar-refractivity contribution is 5.88. The molecule has 1 aromatic rings. The van der Waals surface area contributed by atoms with Gasteiger partial charge in [-0.2, -0.15) is 0 Å². The van der Waals surface area contributed by atoms with Crippen molar-refractivity contribution in [3.63, 3.8) is 0 Å². The van der Waals surface area contributed by atoms with Crippen molar-refractivity contribution in [2.45, 2.75) is 12.3 Å². The summed E-state index contributed by atoms with van der Waals surface area (Å²) in [4.78, 5) is 0. The average Bonchev–Trinajstić information content (AvgIpc) is 2.69. The van der Waals surface area contributed by atoms with E-state index >= 15 is 0 Å². The van der Waals surface area contributed by atoms with Crippen LogP contribution in [0.3, 0.4) is 0 Å². The lowest BCUT2D eigenvalue weighted by atomic mass is 9.86. The molecule has 86 valence electrons. The number of benzene rings is 1. The maximum Gasteiger partial charge on any atom is 0.101 e. The Morgan fingerprint density at radius 3 is 2.81 bits per heavy atom. The Labute approximate surface area is 96.3 Å². The van der Waals surface area contributed by atoms with Gasteiger partial charge in [-0.1, -0.05) is 30.3 Å². The Morgan fingerprint density at radius 1 is 1.38 bits per heavy atom. The van der Waals surface area contributed by atoms with Crippen molar-refractivity contribution in [2.24, 2.45) is 5.92 Å². The molecule has 0 amide bonds. The van der Waals surface area contributed by atoms with Gasteiger partial charge in [0.2, 0.25) is 0 Å². The molecule has 2 rings (SSSR count). The molecular weight excluding hydrogens is 200 g/mol. The van der Waals surface area contributed by atoms with Crippen LogP contribution in [0.15, 0.2) is 30.3 Å². The van der Waals surface area contributed by atoms with Crippen LogP contribution >= 0.6 is 0 Å². The van der Waals surface area contributed by atoms with Crippen LogP contribution in [0.25, 0.3) is 0 Å². The molecule has 0 bridgehead atoms. The number of amidine groups is 1. The minimum Gasteiger partial charge on any atom is -0.385 e. The van der Waals surface area contributed by atoms with Crippen molar-refractivity contribution in [3.8, 4) is 0 Å². The summed E-state index contributed by atoms with van der Waals surface area (Å²) in [6.45, 7) is 1.66. The van der Waals surface area contributed by atoms with Gasteiger partial charge in [0.05, 0.1) is 0 Å². The number of nitrogens with one attached hydrogen (secondary N) is 2. The predicted molar refractivity (Wildman–Crippen MR) is 64.9 cm³/mol. The van der Waals surface area contributed by atoms with Crippen LogP contribution in [0.4, 0.5) is 0 Å². The number of methoxy groups -OCH3 is 1. The Balaban J connectivity index is 2.13. The molecule has 1 aliphatic heterocycles. The second kappa shape index (κ2) is 5.12. The summed E-state index contributed by atoms with van der Waals surface area (Å²) in [6, 6.07) is 10.3. The molecule has 0 spiro atoms. The van der Waals surface area contributed by atoms with Gasteiger partial charge in [-0.15, -0.1) is 0 Å². The van der Waals surface area contributed by atoms with Crippen LogP contribution in [0, 0.1) is 11.3 Å². The lowest BCUT2D eigenvalue weighted by Crippen LogP contribution is -2.17. The maximum atomic E-state index is 7.96. The second-order valence-electron chi connectivity index (χ2n) is 4.22. The Bertz CT molecular complexity index is 350. The molecule has 0 radical (unpaired) electrons. The summed E-state index contributed by atoms with van der Waals surface area (Å²) in [5.74, 6) is 1.35. The molecular formula is C13H18N2O. The van der Waals surface area contributed by atoms with E-state index in [1.807, 2.05) is 18.2 Å². The van der Waals surface area contributed by atoms with E-state index in [1.54, 1.807) is 7.11 Å². The summed E-state index contributed by atoms with van der Waals surface area (Å²) in [5.41, 5.74) is 1.23. The number of ether oxygens (including phenoxy) is 1. The normalized spacial score (nSPS) is 24.4. The highest BCUT2D eigenvalue weighted by atomic mass is 16.5. The molecule has 1 heterocycles. The molecule has 3 heteroatoms. The van der Waals surface area contributed by atoms with Crippen LogP contribution in [-0.4, -0.2) is 26.1 Å². The van der Waals surface area contributed by atoms with Gasteiger partial charge in [-0.05, 0) is 17.9 Å². The fraction of sp³-hybridized carbons (Fsp3) is 0.462. The van der Waals surface area contributed by atoms with E-state index in [1.165, 1.54) is 5.56 Å². The third-order valence-corrected chi connectivity index (χ3v) is 3.19. The van der Waals surface area contributed by atoms with E-state index in [9.17, 15) is 0 Å². The highest BCUT2D eigenvalue weighted by Crippen LogP contribution is 2.31. The van der Waals surface area contributed by atoms with E-state index in [4.69, 9.17) is 10.1 Å². The van der Waals surface area contributed by atoms with Crippen molar-refractivity contribution >= 4 is 5.84 Å². The van der Waals surface area contributed by atoms with Crippen LogP contribution in [0.1, 0.15) is 17.9 Å². The quantitative estimate of drug-likeness (QED) is 0.812. The zero-order valence-electron chi connectivity index (χ0n) is 9.57. The minimum atomic E-state index is 0.219. The molecule has 3 nitrogen and oxygen atoms in total. The van der Waals surface area contributed by atoms with E-state index in [2.05, 4.69) is 17.4 Å². The van der Waals surface area contributed by atoms with Crippen LogP contribution in [0.2, 0.25) is 0 Å². The highest BCUT2D eigenvalue weighted by Gasteiger charge is 2.32. The van der Waals surface area contributed by atoms with Gasteiger partial charge in [0.25, 0.3) is 0 Å². The summed E-state index contributed by atoms with van der Waals surface area (Å²) < 4.78 is 5.12. The van der Waals surface area contributed by atoms with Crippen molar-refractivity contribution in [1.29, 1.82) is 5.41 Å². The third-order valence-electron chi connectivity index (χ3n) is 3.19. The number of rotatable bonds is 4. The number of hydrogen-bond donors (Lipinski definition) is 2. The Morgan fingerprint density at radius 2 is 2.12 bits per heavy atom. The lowest BCUT2D eigenvalue weighted by Gasteiger charge is -2.17. The van der Waals surface area contributed by atoms with Gasteiger partial charge in [0.15, 0.2) is 0 Å². The molecule has 0 aromatic heterocycles. The van der Waals surface area contributed by atoms with Crippen molar-refractivity contribution in [1.82, 2.24) is 5.32 Å². The van der Waals surface area contributed by atoms with E-state index in [0.717, 1.165) is 19.6 Å². The first-order chi connectivity index (χ1) is 7.83. The second-order valence-corrected chi connectivity index (χ2v) is 4.22. The standard InChI is InChI=1S/C13H18N2O/c1-16-8-7-11-9-15-13(14)12(11)10-5-3-2-4-6-10/h2-6,11-12H,7-9H2,1H3,(H2,14,15)/t11-,12+/m0/s1. The molecule has 1 fully saturated rings. The van der Waals surface area contributed by atoms with Gasteiger partial charge < -0.3 is 10.1 Å². The molecule has 1 aromatic carbocycles. The van der Waals surface area contributed by atoms with Crippen molar-refractivity contribution in [3.05, 3.63) is 35.9 Å². The number of hydrogen-bond acceptors (Lipinski definition) is 2. The van der Waals surface area contributed by atoms with Crippen LogP contribution in [-0.2, 0) is 4.74 Å². The summed E-state index contributed by atoms with van der Waals surface area (Å²) >= 11 is 0. The molecule has 0 unspecified atom stereocenters. The topological polar surface area (TPSA) is 45.1 Å². The van der Waals surface area contributed by atoms with Gasteiger partial charge in [0, 0.05) is 26.2 Å². The predicted octanol–water partition coefficient (Wildman–Crippen LogP) is 2.00. The molecule has 16 heavy (non-hydrogen) atoms. The smallest absolute Gasteiger partial charge is 0.101 e. The van der Waals surface area contributed by atoms with Gasteiger partial charge in [0.1, 0.15) is 5.84 Å². The minimum absolute atomic E-state index is 0.219. The fourth-order valence-corrected chi connectivity index (χ4v) is 2.34. The maximum absolute atomic E-state index is 7.96. The molecule has 2 atom stereocenters. The first kappa shape index (κ1) is 11.1. The first-order valence-corrected chi connectivity index (χ1v) is 5.69. The summed E-state index contributed by atoms with van der Waals surface area (Å²) in [6.07, 6.45) is 1.01. The zero-order valence-corrected chi connectivity index (χ0v) is 9.57. The SMILES string of the molecule is COCC[C@H]1CNC(=N)[C@@H]1c1ccccc1. The van der Waals surface area contributed by atoms with Crippen molar-refractivity contribution < 1.29 is 4.74 Å². The van der Waals surface area contributed by atoms with Gasteiger partial charge >= 0.3 is 0 Å². The van der Waals surface area contributed by atoms with Gasteiger partial charge in [-0.3, -0.25) is 5.41 Å². The third kappa shape index (κ3) is 2.25. The van der Waals surface area contributed by atoms with Gasteiger partial charge in [-0.25, -0.2) is 0 Å². The van der Waals surface area contributed by atoms with E-state index < -0.39 is 0 Å². The van der Waals surface area contributed by atoms with Crippen LogP contribution in [0.5, 0.6) is 0 Å². The van der Waals surface area contributed by atoms with Crippen molar-refractivity contribution in [2.75, 3.05) is 20.3 Å².